The average molecular weight is 827 g/mol. The Hall–Kier alpha value is -5.99. The Morgan fingerprint density at radius 1 is 0.931 bits per heavy atom. The van der Waals surface area contributed by atoms with Crippen molar-refractivity contribution in [3.05, 3.63) is 105 Å². The van der Waals surface area contributed by atoms with E-state index in [2.05, 4.69) is 20.6 Å². The molecule has 2 N–H and O–H groups in total. The number of amidine groups is 1. The number of fused-ring (bicyclic) bond motifs is 1. The molecule has 3 aromatic heterocycles. The fourth-order valence-electron chi connectivity index (χ4n) is 6.92. The van der Waals surface area contributed by atoms with Crippen molar-refractivity contribution < 1.29 is 28.6 Å². The van der Waals surface area contributed by atoms with Gasteiger partial charge in [0.1, 0.15) is 28.7 Å². The molecule has 1 fully saturated rings. The lowest BCUT2D eigenvalue weighted by molar-refractivity contribution is -0.142. The number of methoxy groups -OCH3 is 2. The number of carbonyl (C=O) groups is 3. The van der Waals surface area contributed by atoms with Crippen molar-refractivity contribution in [1.29, 1.82) is 0 Å². The first-order chi connectivity index (χ1) is 27.7. The van der Waals surface area contributed by atoms with E-state index in [9.17, 15) is 19.2 Å². The molecule has 0 bridgehead atoms. The molecule has 2 amide bonds. The predicted octanol–water partition coefficient (Wildman–Crippen LogP) is 6.31. The number of hydrogen-bond acceptors (Lipinski definition) is 11. The minimum absolute atomic E-state index is 0.0460. The van der Waals surface area contributed by atoms with E-state index in [1.54, 1.807) is 44.0 Å². The lowest BCUT2D eigenvalue weighted by atomic mass is 9.97. The van der Waals surface area contributed by atoms with Gasteiger partial charge in [0.2, 0.25) is 11.8 Å². The fourth-order valence-corrected chi connectivity index (χ4v) is 7.58. The Bertz CT molecular complexity index is 2530. The van der Waals surface area contributed by atoms with E-state index >= 15 is 0 Å². The second-order valence-corrected chi connectivity index (χ2v) is 15.6. The van der Waals surface area contributed by atoms with Gasteiger partial charge in [-0.25, -0.2) is 19.6 Å². The summed E-state index contributed by atoms with van der Waals surface area (Å²) in [6.07, 6.45) is 3.56. The van der Waals surface area contributed by atoms with Crippen molar-refractivity contribution >= 4 is 52.7 Å². The van der Waals surface area contributed by atoms with Crippen molar-refractivity contribution in [2.45, 2.75) is 57.8 Å². The largest absolute Gasteiger partial charge is 0.481 e. The molecular weight excluding hydrogens is 785 g/mol. The highest BCUT2D eigenvalue weighted by atomic mass is 35.5. The summed E-state index contributed by atoms with van der Waals surface area (Å²) in [4.78, 5) is 65.8. The monoisotopic (exact) mass is 825 g/mol. The summed E-state index contributed by atoms with van der Waals surface area (Å²) in [6.45, 7) is 5.96. The summed E-state index contributed by atoms with van der Waals surface area (Å²) < 4.78 is 17.6. The molecule has 58 heavy (non-hydrogen) atoms. The van der Waals surface area contributed by atoms with Crippen LogP contribution >= 0.6 is 23.2 Å². The molecule has 300 valence electrons. The molecule has 1 unspecified atom stereocenters. The van der Waals surface area contributed by atoms with E-state index in [0.717, 1.165) is 5.56 Å². The van der Waals surface area contributed by atoms with Crippen molar-refractivity contribution in [1.82, 2.24) is 29.9 Å². The Morgan fingerprint density at radius 2 is 1.64 bits per heavy atom. The van der Waals surface area contributed by atoms with Crippen LogP contribution in [-0.2, 0) is 25.6 Å². The van der Waals surface area contributed by atoms with Gasteiger partial charge in [-0.1, -0.05) is 59.6 Å². The molecule has 2 aromatic carbocycles. The molecule has 16 heteroatoms. The van der Waals surface area contributed by atoms with Gasteiger partial charge in [0.25, 0.3) is 5.56 Å². The number of pyridine rings is 2. The molecule has 2 aliphatic rings. The molecule has 1 saturated heterocycles. The van der Waals surface area contributed by atoms with Crippen molar-refractivity contribution in [2.24, 2.45) is 4.99 Å². The summed E-state index contributed by atoms with van der Waals surface area (Å²) in [7, 11) is 2.80. The summed E-state index contributed by atoms with van der Waals surface area (Å²) in [5.74, 6) is 0.0692. The van der Waals surface area contributed by atoms with Crippen molar-refractivity contribution in [3.63, 3.8) is 0 Å². The molecule has 2 aliphatic heterocycles. The van der Waals surface area contributed by atoms with E-state index in [-0.39, 0.29) is 48.5 Å². The number of halogens is 2. The van der Waals surface area contributed by atoms with Gasteiger partial charge in [-0.05, 0) is 57.0 Å². The number of benzene rings is 2. The third-order valence-corrected chi connectivity index (χ3v) is 10.6. The van der Waals surface area contributed by atoms with Crippen LogP contribution in [0.25, 0.3) is 39.2 Å². The molecule has 5 heterocycles. The molecule has 0 spiro atoms. The van der Waals surface area contributed by atoms with Gasteiger partial charge >= 0.3 is 12.1 Å². The van der Waals surface area contributed by atoms with E-state index in [0.29, 0.717) is 67.9 Å². The van der Waals surface area contributed by atoms with Gasteiger partial charge in [-0.15, -0.1) is 0 Å². The maximum atomic E-state index is 13.5. The number of amides is 2. The van der Waals surface area contributed by atoms with E-state index < -0.39 is 23.7 Å². The third-order valence-electron chi connectivity index (χ3n) is 9.74. The van der Waals surface area contributed by atoms with Gasteiger partial charge in [-0.2, -0.15) is 0 Å². The summed E-state index contributed by atoms with van der Waals surface area (Å²) in [5, 5.41) is 6.71. The van der Waals surface area contributed by atoms with Crippen LogP contribution in [0.4, 0.5) is 4.79 Å². The number of esters is 1. The minimum atomic E-state index is -0.716. The molecule has 0 saturated carbocycles. The zero-order valence-corrected chi connectivity index (χ0v) is 34.0. The number of aliphatic imine (C=N–C) groups is 1. The number of rotatable bonds is 10. The molecule has 0 radical (unpaired) electrons. The van der Waals surface area contributed by atoms with Crippen LogP contribution in [0.5, 0.6) is 5.88 Å². The van der Waals surface area contributed by atoms with Gasteiger partial charge in [0, 0.05) is 59.2 Å². The fraction of sp³-hybridized carbons (Fsp3) is 0.310. The van der Waals surface area contributed by atoms with Gasteiger partial charge in [0.05, 0.1) is 43.0 Å². The number of hydrogen-bond donors (Lipinski definition) is 2. The highest BCUT2D eigenvalue weighted by molar-refractivity contribution is 6.39. The second-order valence-electron chi connectivity index (χ2n) is 14.9. The summed E-state index contributed by atoms with van der Waals surface area (Å²) in [5.41, 5.74) is 4.12. The quantitative estimate of drug-likeness (QED) is 0.152. The highest BCUT2D eigenvalue weighted by Gasteiger charge is 2.30. The van der Waals surface area contributed by atoms with Gasteiger partial charge < -0.3 is 29.7 Å². The first-order valence-electron chi connectivity index (χ1n) is 18.5. The number of aromatic nitrogens is 3. The zero-order valence-electron chi connectivity index (χ0n) is 32.5. The first-order valence-corrected chi connectivity index (χ1v) is 19.3. The van der Waals surface area contributed by atoms with Crippen LogP contribution in [0.2, 0.25) is 10.0 Å². The molecule has 7 rings (SSSR count). The molecule has 2 atom stereocenters. The average Bonchev–Trinajstić information content (AvgIpc) is 3.86. The third kappa shape index (κ3) is 8.34. The smallest absolute Gasteiger partial charge is 0.410 e. The zero-order chi connectivity index (χ0) is 41.3. The second kappa shape index (κ2) is 16.5. The van der Waals surface area contributed by atoms with E-state index in [1.165, 1.54) is 24.8 Å². The summed E-state index contributed by atoms with van der Waals surface area (Å²) >= 11 is 14.3. The van der Waals surface area contributed by atoms with E-state index in [4.69, 9.17) is 42.4 Å². The van der Waals surface area contributed by atoms with Crippen LogP contribution < -0.4 is 20.9 Å². The lowest BCUT2D eigenvalue weighted by Crippen LogP contribution is -2.43. The number of ether oxygens (including phenoxy) is 3. The lowest BCUT2D eigenvalue weighted by Gasteiger charge is -2.29. The molecule has 0 aliphatic carbocycles. The van der Waals surface area contributed by atoms with Crippen LogP contribution in [-0.4, -0.2) is 88.1 Å². The van der Waals surface area contributed by atoms with Gasteiger partial charge in [-0.3, -0.25) is 19.0 Å². The van der Waals surface area contributed by atoms with Crippen LogP contribution in [0.1, 0.15) is 44.7 Å². The number of nitrogens with one attached hydrogen (secondary N) is 2. The minimum Gasteiger partial charge on any atom is -0.481 e. The van der Waals surface area contributed by atoms with Crippen molar-refractivity contribution in [2.75, 3.05) is 27.3 Å². The normalized spacial score (nSPS) is 16.4. The van der Waals surface area contributed by atoms with Crippen LogP contribution in [0.3, 0.4) is 0 Å². The van der Waals surface area contributed by atoms with Crippen LogP contribution in [0.15, 0.2) is 82.8 Å². The first kappa shape index (κ1) is 40.2. The van der Waals surface area contributed by atoms with E-state index in [1.807, 2.05) is 48.5 Å². The van der Waals surface area contributed by atoms with Crippen molar-refractivity contribution in [3.8, 4) is 39.4 Å². The molecular formula is C42H41Cl2N7O7. The maximum absolute atomic E-state index is 13.5. The topological polar surface area (TPSA) is 166 Å². The van der Waals surface area contributed by atoms with Gasteiger partial charge in [0.15, 0.2) is 0 Å². The number of nitrogens with zero attached hydrogens (tertiary/aromatic N) is 5. The Balaban J connectivity index is 1.16. The summed E-state index contributed by atoms with van der Waals surface area (Å²) in [6, 6.07) is 17.5. The highest BCUT2D eigenvalue weighted by Crippen LogP contribution is 2.42. The Labute approximate surface area is 344 Å². The molecule has 5 aromatic rings. The predicted molar refractivity (Wildman–Crippen MR) is 220 cm³/mol. The molecule has 14 nitrogen and oxygen atoms in total. The van der Waals surface area contributed by atoms with Crippen LogP contribution in [0, 0.1) is 0 Å². The standard InChI is InChI=1S/C42H41Cl2N7O7/c1-42(2,3)58-41(55)50(22-25-13-15-34(52)47-25)21-24-12-14-31(49-38(24)56-4)29-11-7-10-28(36(29)44)27-9-6-8-26(35(27)43)23-16-17-51-33(18-23)45-19-30(39(51)53)37-46-20-32(48-37)40(54)57-5/h6-12,14,16-19,25,32H,13,15,20-22H2,1-5H3,(H,46,48)(H,47,52)/t25-,32?/m0/s1. The maximum Gasteiger partial charge on any atom is 0.410 e. The Morgan fingerprint density at radius 3 is 2.31 bits per heavy atom. The SMILES string of the molecule is COC(=O)C1CN=C(c2cnc3cc(-c4cccc(-c5cccc(-c6ccc(CN(C[C@@H]7CCC(=O)N7)C(=O)OC(C)(C)C)c(OC)n6)c5Cl)c4Cl)ccn3c2=O)N1. The number of carbonyl (C=O) groups excluding carboxylic acids is 3. The Kier molecular flexibility index (Phi) is 11.4.